The summed E-state index contributed by atoms with van der Waals surface area (Å²) in [7, 11) is 0. The summed E-state index contributed by atoms with van der Waals surface area (Å²) >= 11 is 0. The molecule has 1 aliphatic carbocycles. The number of benzene rings is 2. The molecule has 2 fully saturated rings. The van der Waals surface area contributed by atoms with Gasteiger partial charge in [0.25, 0.3) is 0 Å². The number of rotatable bonds is 7. The van der Waals surface area contributed by atoms with Crippen LogP contribution in [0.1, 0.15) is 11.1 Å². The lowest BCUT2D eigenvalue weighted by atomic mass is 9.83. The van der Waals surface area contributed by atoms with Crippen molar-refractivity contribution in [1.82, 2.24) is 0 Å². The van der Waals surface area contributed by atoms with Crippen LogP contribution in [0.2, 0.25) is 0 Å². The van der Waals surface area contributed by atoms with E-state index in [0.717, 1.165) is 11.1 Å². The zero-order chi connectivity index (χ0) is 17.9. The first-order chi connectivity index (χ1) is 12.8. The monoisotopic (exact) mass is 356 g/mol. The molecule has 1 saturated carbocycles. The average Bonchev–Trinajstić information content (AvgIpc) is 3.47. The summed E-state index contributed by atoms with van der Waals surface area (Å²) in [5.74, 6) is -0.336. The van der Waals surface area contributed by atoms with Crippen LogP contribution in [0.3, 0.4) is 0 Å². The Labute approximate surface area is 153 Å². The van der Waals surface area contributed by atoms with Gasteiger partial charge in [-0.3, -0.25) is 0 Å². The maximum absolute atomic E-state index is 10.7. The third-order valence-corrected chi connectivity index (χ3v) is 5.19. The minimum Gasteiger partial charge on any atom is -0.396 e. The number of aliphatic hydroxyl groups excluding tert-OH is 2. The van der Waals surface area contributed by atoms with Crippen LogP contribution in [-0.2, 0) is 27.4 Å². The van der Waals surface area contributed by atoms with E-state index in [9.17, 15) is 10.2 Å². The van der Waals surface area contributed by atoms with Gasteiger partial charge in [-0.05, 0) is 11.1 Å². The van der Waals surface area contributed by atoms with E-state index in [0.29, 0.717) is 13.2 Å². The number of hydrogen-bond donors (Lipinski definition) is 2. The van der Waals surface area contributed by atoms with Crippen LogP contribution >= 0.6 is 0 Å². The summed E-state index contributed by atoms with van der Waals surface area (Å²) in [6.07, 6.45) is -2.03. The fourth-order valence-corrected chi connectivity index (χ4v) is 3.69. The fraction of sp³-hybridized carbons (Fsp3) is 0.429. The lowest BCUT2D eigenvalue weighted by Crippen LogP contribution is -2.54. The first kappa shape index (κ1) is 17.6. The Morgan fingerprint density at radius 1 is 0.769 bits per heavy atom. The second kappa shape index (κ2) is 7.86. The molecule has 0 aromatic heterocycles. The third kappa shape index (κ3) is 3.68. The predicted octanol–water partition coefficient (Wildman–Crippen LogP) is 1.91. The second-order valence-electron chi connectivity index (χ2n) is 6.92. The van der Waals surface area contributed by atoms with Gasteiger partial charge in [0.05, 0.1) is 32.0 Å². The average molecular weight is 356 g/mol. The molecular formula is C21H24O5. The van der Waals surface area contributed by atoms with E-state index < -0.39 is 12.2 Å². The van der Waals surface area contributed by atoms with Crippen molar-refractivity contribution in [3.05, 3.63) is 71.8 Å². The largest absolute Gasteiger partial charge is 0.396 e. The summed E-state index contributed by atoms with van der Waals surface area (Å²) in [4.78, 5) is 0. The number of epoxide rings is 1. The lowest BCUT2D eigenvalue weighted by Gasteiger charge is -2.36. The molecule has 2 aromatic rings. The van der Waals surface area contributed by atoms with Crippen LogP contribution in [0.5, 0.6) is 0 Å². The van der Waals surface area contributed by atoms with Gasteiger partial charge >= 0.3 is 0 Å². The van der Waals surface area contributed by atoms with E-state index in [2.05, 4.69) is 0 Å². The molecule has 6 atom stereocenters. The molecule has 0 bridgehead atoms. The first-order valence-corrected chi connectivity index (χ1v) is 9.03. The van der Waals surface area contributed by atoms with Crippen molar-refractivity contribution in [3.63, 3.8) is 0 Å². The molecule has 2 N–H and O–H groups in total. The number of fused-ring (bicyclic) bond motifs is 1. The SMILES string of the molecule is OC[C@@H]1[C@@H](O)[C@H](OCc2ccccc2)[C@@H](OCc2ccccc2)[C@H]2O[C@@H]12. The quantitative estimate of drug-likeness (QED) is 0.742. The zero-order valence-electron chi connectivity index (χ0n) is 14.5. The molecule has 0 amide bonds. The van der Waals surface area contributed by atoms with Gasteiger partial charge in [-0.1, -0.05) is 60.7 Å². The Bertz CT molecular complexity index is 692. The van der Waals surface area contributed by atoms with Crippen molar-refractivity contribution in [2.24, 2.45) is 5.92 Å². The maximum atomic E-state index is 10.7. The van der Waals surface area contributed by atoms with E-state index >= 15 is 0 Å². The van der Waals surface area contributed by atoms with E-state index in [-0.39, 0.29) is 30.8 Å². The molecule has 1 heterocycles. The van der Waals surface area contributed by atoms with Crippen LogP contribution in [0.4, 0.5) is 0 Å². The number of aliphatic hydroxyl groups is 2. The summed E-state index contributed by atoms with van der Waals surface area (Å²) < 4.78 is 17.9. The van der Waals surface area contributed by atoms with Crippen molar-refractivity contribution in [3.8, 4) is 0 Å². The van der Waals surface area contributed by atoms with Crippen LogP contribution < -0.4 is 0 Å². The highest BCUT2D eigenvalue weighted by atomic mass is 16.6. The normalized spacial score (nSPS) is 32.8. The van der Waals surface area contributed by atoms with Gasteiger partial charge < -0.3 is 24.4 Å². The summed E-state index contributed by atoms with van der Waals surface area (Å²) in [5.41, 5.74) is 2.09. The molecule has 1 aliphatic heterocycles. The lowest BCUT2D eigenvalue weighted by molar-refractivity contribution is -0.162. The molecule has 0 unspecified atom stereocenters. The Hall–Kier alpha value is -1.76. The molecule has 1 saturated heterocycles. The molecule has 5 nitrogen and oxygen atoms in total. The fourth-order valence-electron chi connectivity index (χ4n) is 3.69. The molecule has 4 rings (SSSR count). The minimum atomic E-state index is -0.826. The van der Waals surface area contributed by atoms with E-state index in [1.54, 1.807) is 0 Å². The zero-order valence-corrected chi connectivity index (χ0v) is 14.5. The maximum Gasteiger partial charge on any atom is 0.115 e. The highest BCUT2D eigenvalue weighted by Gasteiger charge is 2.61. The van der Waals surface area contributed by atoms with E-state index in [4.69, 9.17) is 14.2 Å². The van der Waals surface area contributed by atoms with Crippen LogP contribution in [0.25, 0.3) is 0 Å². The second-order valence-corrected chi connectivity index (χ2v) is 6.92. The molecule has 2 aliphatic rings. The van der Waals surface area contributed by atoms with E-state index in [1.807, 2.05) is 60.7 Å². The molecule has 0 radical (unpaired) electrons. The van der Waals surface area contributed by atoms with Crippen LogP contribution in [0, 0.1) is 5.92 Å². The van der Waals surface area contributed by atoms with Gasteiger partial charge in [-0.2, -0.15) is 0 Å². The standard InChI is InChI=1S/C21H24O5/c22-11-16-17(23)19(24-12-14-7-3-1-4-8-14)20(21-18(16)26-21)25-13-15-9-5-2-6-10-15/h1-10,16-23H,11-13H2/t16-,17-,18+,19+,20-,21+/m1/s1. The van der Waals surface area contributed by atoms with Crippen molar-refractivity contribution in [2.75, 3.05) is 6.61 Å². The minimum absolute atomic E-state index is 0.126. The smallest absolute Gasteiger partial charge is 0.115 e. The Morgan fingerprint density at radius 3 is 1.85 bits per heavy atom. The molecule has 0 spiro atoms. The highest BCUT2D eigenvalue weighted by Crippen LogP contribution is 2.43. The highest BCUT2D eigenvalue weighted by molar-refractivity contribution is 5.16. The van der Waals surface area contributed by atoms with Crippen molar-refractivity contribution < 1.29 is 24.4 Å². The van der Waals surface area contributed by atoms with E-state index in [1.165, 1.54) is 0 Å². The van der Waals surface area contributed by atoms with Gasteiger partial charge in [0.15, 0.2) is 0 Å². The molecule has 138 valence electrons. The predicted molar refractivity (Wildman–Crippen MR) is 95.3 cm³/mol. The Kier molecular flexibility index (Phi) is 5.33. The van der Waals surface area contributed by atoms with Gasteiger partial charge in [-0.25, -0.2) is 0 Å². The summed E-state index contributed by atoms with van der Waals surface area (Å²) in [5, 5.41) is 20.3. The third-order valence-electron chi connectivity index (χ3n) is 5.19. The molecule has 5 heteroatoms. The number of ether oxygens (including phenoxy) is 3. The number of hydrogen-bond acceptors (Lipinski definition) is 5. The van der Waals surface area contributed by atoms with Gasteiger partial charge in [0.1, 0.15) is 18.3 Å². The van der Waals surface area contributed by atoms with Crippen molar-refractivity contribution in [2.45, 2.75) is 43.7 Å². The van der Waals surface area contributed by atoms with Crippen LogP contribution in [0.15, 0.2) is 60.7 Å². The van der Waals surface area contributed by atoms with Gasteiger partial charge in [-0.15, -0.1) is 0 Å². The molecular weight excluding hydrogens is 332 g/mol. The Morgan fingerprint density at radius 2 is 1.31 bits per heavy atom. The van der Waals surface area contributed by atoms with Crippen molar-refractivity contribution >= 4 is 0 Å². The summed E-state index contributed by atoms with van der Waals surface area (Å²) in [6, 6.07) is 19.7. The topological polar surface area (TPSA) is 71.5 Å². The summed E-state index contributed by atoms with van der Waals surface area (Å²) in [6.45, 7) is 0.683. The van der Waals surface area contributed by atoms with Gasteiger partial charge in [0.2, 0.25) is 0 Å². The Balaban J connectivity index is 1.46. The van der Waals surface area contributed by atoms with Crippen molar-refractivity contribution in [1.29, 1.82) is 0 Å². The van der Waals surface area contributed by atoms with Crippen LogP contribution in [-0.4, -0.2) is 47.3 Å². The molecule has 2 aromatic carbocycles. The van der Waals surface area contributed by atoms with Gasteiger partial charge in [0, 0.05) is 5.92 Å². The first-order valence-electron chi connectivity index (χ1n) is 9.03. The molecule has 26 heavy (non-hydrogen) atoms.